The highest BCUT2D eigenvalue weighted by Gasteiger charge is 2.50. The standard InChI is InChI=1S/C13H18N4O4S/c1-7-8(15-6-22-7)13(9(18)16-10(19)17-13)5-14-11(20)21-12(2,3)4/h6H,5H2,1-4H3,(H,14,20)(H2,16,17,18,19)/t13-/m1/s1. The Morgan fingerprint density at radius 1 is 1.45 bits per heavy atom. The topological polar surface area (TPSA) is 109 Å². The second-order valence-electron chi connectivity index (χ2n) is 5.93. The Kier molecular flexibility index (Phi) is 4.10. The van der Waals surface area contributed by atoms with E-state index < -0.39 is 29.2 Å². The number of hydrogen-bond acceptors (Lipinski definition) is 6. The fourth-order valence-electron chi connectivity index (χ4n) is 2.10. The maximum atomic E-state index is 12.2. The van der Waals surface area contributed by atoms with Crippen LogP contribution in [-0.4, -0.2) is 35.2 Å². The molecular formula is C13H18N4O4S. The van der Waals surface area contributed by atoms with Gasteiger partial charge in [-0.2, -0.15) is 0 Å². The van der Waals surface area contributed by atoms with E-state index in [4.69, 9.17) is 4.74 Å². The third kappa shape index (κ3) is 3.19. The van der Waals surface area contributed by atoms with Crippen LogP contribution in [0.4, 0.5) is 9.59 Å². The zero-order valence-corrected chi connectivity index (χ0v) is 13.6. The number of nitrogens with one attached hydrogen (secondary N) is 3. The van der Waals surface area contributed by atoms with E-state index in [0.29, 0.717) is 5.69 Å². The van der Waals surface area contributed by atoms with Crippen molar-refractivity contribution in [3.8, 4) is 0 Å². The molecule has 0 radical (unpaired) electrons. The SMILES string of the molecule is Cc1scnc1[C@@]1(CNC(=O)OC(C)(C)C)NC(=O)NC1=O. The van der Waals surface area contributed by atoms with Gasteiger partial charge in [-0.05, 0) is 27.7 Å². The number of thiazole rings is 1. The lowest BCUT2D eigenvalue weighted by Gasteiger charge is -2.26. The molecular weight excluding hydrogens is 308 g/mol. The van der Waals surface area contributed by atoms with Gasteiger partial charge in [0, 0.05) is 4.88 Å². The van der Waals surface area contributed by atoms with Crippen LogP contribution >= 0.6 is 11.3 Å². The number of hydrogen-bond donors (Lipinski definition) is 3. The molecule has 1 atom stereocenters. The number of aromatic nitrogens is 1. The summed E-state index contributed by atoms with van der Waals surface area (Å²) in [5, 5.41) is 7.25. The van der Waals surface area contributed by atoms with E-state index >= 15 is 0 Å². The van der Waals surface area contributed by atoms with Crippen molar-refractivity contribution < 1.29 is 19.1 Å². The minimum Gasteiger partial charge on any atom is -0.444 e. The molecule has 2 heterocycles. The number of urea groups is 1. The average Bonchev–Trinajstić information content (AvgIpc) is 2.89. The number of rotatable bonds is 3. The molecule has 0 aliphatic carbocycles. The molecule has 0 aromatic carbocycles. The van der Waals surface area contributed by atoms with Crippen molar-refractivity contribution >= 4 is 29.4 Å². The van der Waals surface area contributed by atoms with Crippen LogP contribution in [0.15, 0.2) is 5.51 Å². The third-order valence-electron chi connectivity index (χ3n) is 2.99. The number of carbonyl (C=O) groups excluding carboxylic acids is 3. The fourth-order valence-corrected chi connectivity index (χ4v) is 2.76. The minimum atomic E-state index is -1.42. The summed E-state index contributed by atoms with van der Waals surface area (Å²) in [6, 6.07) is -0.622. The monoisotopic (exact) mass is 326 g/mol. The van der Waals surface area contributed by atoms with Gasteiger partial charge in [-0.25, -0.2) is 14.6 Å². The van der Waals surface area contributed by atoms with Gasteiger partial charge in [0.25, 0.3) is 5.91 Å². The van der Waals surface area contributed by atoms with E-state index in [1.807, 2.05) is 0 Å². The molecule has 1 fully saturated rings. The quantitative estimate of drug-likeness (QED) is 0.718. The number of ether oxygens (including phenoxy) is 1. The molecule has 1 aliphatic rings. The van der Waals surface area contributed by atoms with Crippen molar-refractivity contribution in [3.63, 3.8) is 0 Å². The lowest BCUT2D eigenvalue weighted by Crippen LogP contribution is -2.53. The van der Waals surface area contributed by atoms with Gasteiger partial charge in [-0.1, -0.05) is 0 Å². The highest BCUT2D eigenvalue weighted by molar-refractivity contribution is 7.09. The summed E-state index contributed by atoms with van der Waals surface area (Å²) in [5.41, 5.74) is -0.0815. The second kappa shape index (κ2) is 5.56. The summed E-state index contributed by atoms with van der Waals surface area (Å²) in [5.74, 6) is -0.553. The van der Waals surface area contributed by atoms with Gasteiger partial charge < -0.3 is 15.4 Å². The van der Waals surface area contributed by atoms with E-state index in [2.05, 4.69) is 20.9 Å². The van der Waals surface area contributed by atoms with Crippen LogP contribution in [0.1, 0.15) is 31.3 Å². The summed E-state index contributed by atoms with van der Waals surface area (Å²) >= 11 is 1.35. The summed E-state index contributed by atoms with van der Waals surface area (Å²) in [6.45, 7) is 6.84. The van der Waals surface area contributed by atoms with Gasteiger partial charge in [0.1, 0.15) is 5.60 Å². The number of alkyl carbamates (subject to hydrolysis) is 1. The van der Waals surface area contributed by atoms with Crippen molar-refractivity contribution in [3.05, 3.63) is 16.1 Å². The van der Waals surface area contributed by atoms with Gasteiger partial charge >= 0.3 is 12.1 Å². The van der Waals surface area contributed by atoms with Crippen LogP contribution in [0.2, 0.25) is 0 Å². The van der Waals surface area contributed by atoms with E-state index in [1.54, 1.807) is 33.2 Å². The van der Waals surface area contributed by atoms with E-state index in [9.17, 15) is 14.4 Å². The number of carbonyl (C=O) groups is 3. The Labute approximate surface area is 131 Å². The molecule has 8 nitrogen and oxygen atoms in total. The molecule has 1 aliphatic heterocycles. The van der Waals surface area contributed by atoms with Crippen LogP contribution in [0.3, 0.4) is 0 Å². The van der Waals surface area contributed by atoms with Crippen LogP contribution in [0, 0.1) is 6.92 Å². The summed E-state index contributed by atoms with van der Waals surface area (Å²) in [4.78, 5) is 40.5. The molecule has 0 unspecified atom stereocenters. The van der Waals surface area contributed by atoms with Gasteiger partial charge in [-0.3, -0.25) is 10.1 Å². The van der Waals surface area contributed by atoms with Gasteiger partial charge in [0.15, 0.2) is 5.54 Å². The predicted octanol–water partition coefficient (Wildman–Crippen LogP) is 1.01. The molecule has 3 N–H and O–H groups in total. The first-order chi connectivity index (χ1) is 10.1. The first-order valence-electron chi connectivity index (χ1n) is 6.65. The van der Waals surface area contributed by atoms with E-state index in [0.717, 1.165) is 4.88 Å². The highest BCUT2D eigenvalue weighted by atomic mass is 32.1. The molecule has 22 heavy (non-hydrogen) atoms. The molecule has 1 aromatic rings. The molecule has 1 aromatic heterocycles. The highest BCUT2D eigenvalue weighted by Crippen LogP contribution is 2.28. The Hall–Kier alpha value is -2.16. The maximum absolute atomic E-state index is 12.2. The van der Waals surface area contributed by atoms with Crippen molar-refractivity contribution in [2.75, 3.05) is 6.54 Å². The van der Waals surface area contributed by atoms with E-state index in [1.165, 1.54) is 11.3 Å². The smallest absolute Gasteiger partial charge is 0.407 e. The second-order valence-corrected chi connectivity index (χ2v) is 6.99. The lowest BCUT2D eigenvalue weighted by molar-refractivity contribution is -0.124. The molecule has 1 saturated heterocycles. The molecule has 120 valence electrons. The zero-order valence-electron chi connectivity index (χ0n) is 12.8. The van der Waals surface area contributed by atoms with E-state index in [-0.39, 0.29) is 6.54 Å². The van der Waals surface area contributed by atoms with Crippen LogP contribution in [0.5, 0.6) is 0 Å². The van der Waals surface area contributed by atoms with Gasteiger partial charge in [0.2, 0.25) is 0 Å². The fraction of sp³-hybridized carbons (Fsp3) is 0.538. The maximum Gasteiger partial charge on any atom is 0.407 e. The Morgan fingerprint density at radius 3 is 2.59 bits per heavy atom. The zero-order chi connectivity index (χ0) is 16.5. The molecule has 0 bridgehead atoms. The summed E-state index contributed by atoms with van der Waals surface area (Å²) < 4.78 is 5.14. The van der Waals surface area contributed by atoms with Crippen LogP contribution in [0.25, 0.3) is 0 Å². The van der Waals surface area contributed by atoms with Crippen molar-refractivity contribution in [2.45, 2.75) is 38.8 Å². The Balaban J connectivity index is 2.21. The first kappa shape index (κ1) is 16.2. The Bertz CT molecular complexity index is 622. The summed E-state index contributed by atoms with van der Waals surface area (Å²) in [6.07, 6.45) is -0.672. The number of nitrogens with zero attached hydrogens (tertiary/aromatic N) is 1. The van der Waals surface area contributed by atoms with Gasteiger partial charge in [-0.15, -0.1) is 11.3 Å². The van der Waals surface area contributed by atoms with Gasteiger partial charge in [0.05, 0.1) is 17.7 Å². The van der Waals surface area contributed by atoms with Crippen molar-refractivity contribution in [1.82, 2.24) is 20.9 Å². The first-order valence-corrected chi connectivity index (χ1v) is 7.53. The average molecular weight is 326 g/mol. The predicted molar refractivity (Wildman–Crippen MR) is 79.4 cm³/mol. The largest absolute Gasteiger partial charge is 0.444 e. The molecule has 2 rings (SSSR count). The third-order valence-corrected chi connectivity index (χ3v) is 3.75. The van der Waals surface area contributed by atoms with Crippen LogP contribution < -0.4 is 16.0 Å². The van der Waals surface area contributed by atoms with Crippen LogP contribution in [-0.2, 0) is 15.1 Å². The normalized spacial score (nSPS) is 21.3. The molecule has 0 spiro atoms. The minimum absolute atomic E-state index is 0.149. The molecule has 4 amide bonds. The molecule has 0 saturated carbocycles. The number of imide groups is 1. The van der Waals surface area contributed by atoms with Crippen molar-refractivity contribution in [2.24, 2.45) is 0 Å². The number of amides is 4. The Morgan fingerprint density at radius 2 is 2.14 bits per heavy atom. The van der Waals surface area contributed by atoms with Crippen molar-refractivity contribution in [1.29, 1.82) is 0 Å². The lowest BCUT2D eigenvalue weighted by atomic mass is 9.94. The molecule has 9 heteroatoms. The number of aryl methyl sites for hydroxylation is 1. The summed E-state index contributed by atoms with van der Waals surface area (Å²) in [7, 11) is 0.